The number of hydrogen-bond acceptors (Lipinski definition) is 2. The standard InChI is InChI=1S/C14H22N2.ClH/c1-12-14(7-4-9-16-12)11-15-10-8-13-5-2-3-6-13;/h4,7,9,13,15H,2-3,5-6,8,10-11H2,1H3;1H. The van der Waals surface area contributed by atoms with Crippen molar-refractivity contribution in [3.05, 3.63) is 29.6 Å². The van der Waals surface area contributed by atoms with E-state index in [1.807, 2.05) is 12.3 Å². The zero-order valence-electron chi connectivity index (χ0n) is 10.6. The summed E-state index contributed by atoms with van der Waals surface area (Å²) in [5.41, 5.74) is 2.48. The maximum absolute atomic E-state index is 4.30. The molecule has 2 nitrogen and oxygen atoms in total. The van der Waals surface area contributed by atoms with Gasteiger partial charge in [-0.25, -0.2) is 0 Å². The molecule has 1 aromatic heterocycles. The minimum absolute atomic E-state index is 0. The molecule has 17 heavy (non-hydrogen) atoms. The van der Waals surface area contributed by atoms with E-state index >= 15 is 0 Å². The van der Waals surface area contributed by atoms with E-state index in [0.29, 0.717) is 0 Å². The Bertz CT molecular complexity index is 322. The Morgan fingerprint density at radius 1 is 1.35 bits per heavy atom. The van der Waals surface area contributed by atoms with Gasteiger partial charge in [-0.2, -0.15) is 0 Å². The zero-order valence-corrected chi connectivity index (χ0v) is 11.4. The fourth-order valence-corrected chi connectivity index (χ4v) is 2.53. The molecule has 96 valence electrons. The molecule has 0 atom stereocenters. The van der Waals surface area contributed by atoms with Crippen LogP contribution in [0.5, 0.6) is 0 Å². The molecule has 1 fully saturated rings. The summed E-state index contributed by atoms with van der Waals surface area (Å²) in [6, 6.07) is 4.17. The van der Waals surface area contributed by atoms with E-state index in [1.165, 1.54) is 37.7 Å². The van der Waals surface area contributed by atoms with Crippen LogP contribution in [0.25, 0.3) is 0 Å². The van der Waals surface area contributed by atoms with Gasteiger partial charge in [0, 0.05) is 18.4 Å². The van der Waals surface area contributed by atoms with E-state index < -0.39 is 0 Å². The molecule has 1 saturated carbocycles. The summed E-state index contributed by atoms with van der Waals surface area (Å²) < 4.78 is 0. The first-order valence-corrected chi connectivity index (χ1v) is 6.47. The molecule has 0 amide bonds. The second kappa shape index (κ2) is 7.67. The molecule has 0 aromatic carbocycles. The Balaban J connectivity index is 0.00000144. The third-order valence-corrected chi connectivity index (χ3v) is 3.64. The third kappa shape index (κ3) is 4.64. The summed E-state index contributed by atoms with van der Waals surface area (Å²) in [6.45, 7) is 4.19. The Labute approximate surface area is 111 Å². The Hall–Kier alpha value is -0.600. The van der Waals surface area contributed by atoms with Gasteiger partial charge < -0.3 is 5.32 Å². The first-order valence-electron chi connectivity index (χ1n) is 6.47. The van der Waals surface area contributed by atoms with Gasteiger partial charge in [-0.15, -0.1) is 12.4 Å². The van der Waals surface area contributed by atoms with E-state index in [9.17, 15) is 0 Å². The van der Waals surface area contributed by atoms with Crippen molar-refractivity contribution in [2.75, 3.05) is 6.54 Å². The fourth-order valence-electron chi connectivity index (χ4n) is 2.53. The molecular formula is C14H23ClN2. The van der Waals surface area contributed by atoms with E-state index in [2.05, 4.69) is 23.3 Å². The molecule has 3 heteroatoms. The smallest absolute Gasteiger partial charge is 0.0417 e. The quantitative estimate of drug-likeness (QED) is 0.814. The van der Waals surface area contributed by atoms with Gasteiger partial charge >= 0.3 is 0 Å². The molecule has 0 bridgehead atoms. The molecular weight excluding hydrogens is 232 g/mol. The van der Waals surface area contributed by atoms with E-state index in [4.69, 9.17) is 0 Å². The fraction of sp³-hybridized carbons (Fsp3) is 0.643. The van der Waals surface area contributed by atoms with Crippen molar-refractivity contribution in [1.82, 2.24) is 10.3 Å². The predicted octanol–water partition coefficient (Wildman–Crippen LogP) is 3.48. The highest BCUT2D eigenvalue weighted by molar-refractivity contribution is 5.85. The summed E-state index contributed by atoms with van der Waals surface area (Å²) in [5, 5.41) is 3.53. The lowest BCUT2D eigenvalue weighted by Gasteiger charge is -2.10. The second-order valence-electron chi connectivity index (χ2n) is 4.86. The summed E-state index contributed by atoms with van der Waals surface area (Å²) >= 11 is 0. The van der Waals surface area contributed by atoms with Gasteiger partial charge in [0.1, 0.15) is 0 Å². The molecule has 1 heterocycles. The Morgan fingerprint density at radius 3 is 2.82 bits per heavy atom. The van der Waals surface area contributed by atoms with Crippen LogP contribution in [0, 0.1) is 12.8 Å². The van der Waals surface area contributed by atoms with Gasteiger partial charge in [-0.1, -0.05) is 31.7 Å². The van der Waals surface area contributed by atoms with Crippen LogP contribution in [0.2, 0.25) is 0 Å². The lowest BCUT2D eigenvalue weighted by Crippen LogP contribution is -2.17. The normalized spacial score (nSPS) is 15.8. The van der Waals surface area contributed by atoms with Crippen molar-refractivity contribution < 1.29 is 0 Å². The zero-order chi connectivity index (χ0) is 11.2. The molecule has 0 aliphatic heterocycles. The highest BCUT2D eigenvalue weighted by Gasteiger charge is 2.13. The van der Waals surface area contributed by atoms with Crippen LogP contribution in [-0.2, 0) is 6.54 Å². The number of nitrogens with one attached hydrogen (secondary N) is 1. The molecule has 0 saturated heterocycles. The minimum atomic E-state index is 0. The summed E-state index contributed by atoms with van der Waals surface area (Å²) in [7, 11) is 0. The topological polar surface area (TPSA) is 24.9 Å². The lowest BCUT2D eigenvalue weighted by atomic mass is 10.0. The summed E-state index contributed by atoms with van der Waals surface area (Å²) in [4.78, 5) is 4.30. The van der Waals surface area contributed by atoms with Crippen LogP contribution in [0.3, 0.4) is 0 Å². The van der Waals surface area contributed by atoms with E-state index in [1.54, 1.807) is 0 Å². The molecule has 0 spiro atoms. The van der Waals surface area contributed by atoms with Crippen molar-refractivity contribution >= 4 is 12.4 Å². The van der Waals surface area contributed by atoms with Gasteiger partial charge in [-0.3, -0.25) is 4.98 Å². The Morgan fingerprint density at radius 2 is 2.12 bits per heavy atom. The van der Waals surface area contributed by atoms with Gasteiger partial charge in [0.15, 0.2) is 0 Å². The minimum Gasteiger partial charge on any atom is -0.313 e. The molecule has 0 unspecified atom stereocenters. The number of pyridine rings is 1. The predicted molar refractivity (Wildman–Crippen MR) is 74.5 cm³/mol. The second-order valence-corrected chi connectivity index (χ2v) is 4.86. The molecule has 1 aliphatic rings. The largest absolute Gasteiger partial charge is 0.313 e. The monoisotopic (exact) mass is 254 g/mol. The van der Waals surface area contributed by atoms with Crippen LogP contribution < -0.4 is 5.32 Å². The van der Waals surface area contributed by atoms with E-state index in [0.717, 1.165) is 24.7 Å². The number of halogens is 1. The average Bonchev–Trinajstić information content (AvgIpc) is 2.79. The first kappa shape index (κ1) is 14.5. The third-order valence-electron chi connectivity index (χ3n) is 3.64. The van der Waals surface area contributed by atoms with Crippen LogP contribution in [0.15, 0.2) is 18.3 Å². The molecule has 1 aromatic rings. The van der Waals surface area contributed by atoms with Gasteiger partial charge in [-0.05, 0) is 37.4 Å². The van der Waals surface area contributed by atoms with Crippen molar-refractivity contribution in [2.45, 2.75) is 45.6 Å². The summed E-state index contributed by atoms with van der Waals surface area (Å²) in [6.07, 6.45) is 9.01. The number of hydrogen-bond donors (Lipinski definition) is 1. The highest BCUT2D eigenvalue weighted by atomic mass is 35.5. The molecule has 1 aliphatic carbocycles. The van der Waals surface area contributed by atoms with Crippen molar-refractivity contribution in [3.63, 3.8) is 0 Å². The summed E-state index contributed by atoms with van der Waals surface area (Å²) in [5.74, 6) is 0.988. The number of rotatable bonds is 5. The number of nitrogens with zero attached hydrogens (tertiary/aromatic N) is 1. The first-order chi connectivity index (χ1) is 7.86. The van der Waals surface area contributed by atoms with Crippen LogP contribution >= 0.6 is 12.4 Å². The maximum atomic E-state index is 4.30. The number of aryl methyl sites for hydroxylation is 1. The Kier molecular flexibility index (Phi) is 6.53. The van der Waals surface area contributed by atoms with Crippen LogP contribution in [-0.4, -0.2) is 11.5 Å². The molecule has 2 rings (SSSR count). The average molecular weight is 255 g/mol. The van der Waals surface area contributed by atoms with Crippen LogP contribution in [0.4, 0.5) is 0 Å². The molecule has 0 radical (unpaired) electrons. The van der Waals surface area contributed by atoms with Gasteiger partial charge in [0.05, 0.1) is 0 Å². The SMILES string of the molecule is Cc1ncccc1CNCCC1CCCC1.Cl. The van der Waals surface area contributed by atoms with Crippen LogP contribution in [0.1, 0.15) is 43.4 Å². The van der Waals surface area contributed by atoms with Gasteiger partial charge in [0.25, 0.3) is 0 Å². The lowest BCUT2D eigenvalue weighted by molar-refractivity contribution is 0.477. The molecule has 1 N–H and O–H groups in total. The number of aromatic nitrogens is 1. The van der Waals surface area contributed by atoms with Crippen molar-refractivity contribution in [2.24, 2.45) is 5.92 Å². The van der Waals surface area contributed by atoms with Crippen molar-refractivity contribution in [3.8, 4) is 0 Å². The van der Waals surface area contributed by atoms with Gasteiger partial charge in [0.2, 0.25) is 0 Å². The van der Waals surface area contributed by atoms with Crippen molar-refractivity contribution in [1.29, 1.82) is 0 Å². The van der Waals surface area contributed by atoms with E-state index in [-0.39, 0.29) is 12.4 Å². The maximum Gasteiger partial charge on any atom is 0.0417 e. The highest BCUT2D eigenvalue weighted by Crippen LogP contribution is 2.26.